The van der Waals surface area contributed by atoms with Crippen molar-refractivity contribution in [3.8, 4) is 0 Å². The summed E-state index contributed by atoms with van der Waals surface area (Å²) in [5.74, 6) is 0.785. The molecule has 20 heavy (non-hydrogen) atoms. The van der Waals surface area contributed by atoms with Crippen LogP contribution in [0.1, 0.15) is 41.1 Å². The normalized spacial score (nSPS) is 12.3. The minimum Gasteiger partial charge on any atom is -0.461 e. The van der Waals surface area contributed by atoms with Gasteiger partial charge in [0, 0.05) is 24.0 Å². The minimum absolute atomic E-state index is 0.190. The molecule has 0 aliphatic carbocycles. The number of nitrogen functional groups attached to an aromatic ring is 1. The zero-order valence-electron chi connectivity index (χ0n) is 11.8. The number of aryl methyl sites for hydroxylation is 1. The van der Waals surface area contributed by atoms with Gasteiger partial charge in [0.1, 0.15) is 11.6 Å². The number of aromatic nitrogens is 3. The molecule has 2 heterocycles. The highest BCUT2D eigenvalue weighted by atomic mass is 32.1. The SMILES string of the molecule is CCOC(=O)c1nc(C)n(CC(C)c2nccs2)c1N. The first-order valence-electron chi connectivity index (χ1n) is 6.43. The lowest BCUT2D eigenvalue weighted by Crippen LogP contribution is -2.12. The summed E-state index contributed by atoms with van der Waals surface area (Å²) >= 11 is 1.61. The smallest absolute Gasteiger partial charge is 0.360 e. The Balaban J connectivity index is 2.22. The molecule has 2 aromatic heterocycles. The Labute approximate surface area is 121 Å². The number of thiazole rings is 1. The van der Waals surface area contributed by atoms with Gasteiger partial charge in [-0.05, 0) is 13.8 Å². The van der Waals surface area contributed by atoms with E-state index in [1.807, 2.05) is 16.9 Å². The number of ether oxygens (including phenoxy) is 1. The van der Waals surface area contributed by atoms with E-state index in [9.17, 15) is 4.79 Å². The fourth-order valence-corrected chi connectivity index (χ4v) is 2.68. The lowest BCUT2D eigenvalue weighted by Gasteiger charge is -2.12. The van der Waals surface area contributed by atoms with E-state index in [0.29, 0.717) is 24.8 Å². The van der Waals surface area contributed by atoms with Crippen molar-refractivity contribution in [1.29, 1.82) is 0 Å². The van der Waals surface area contributed by atoms with Crippen molar-refractivity contribution in [3.05, 3.63) is 28.1 Å². The van der Waals surface area contributed by atoms with E-state index in [1.54, 1.807) is 24.5 Å². The largest absolute Gasteiger partial charge is 0.461 e. The second-order valence-electron chi connectivity index (χ2n) is 4.50. The Morgan fingerprint density at radius 3 is 2.95 bits per heavy atom. The molecule has 0 aromatic carbocycles. The average Bonchev–Trinajstić information content (AvgIpc) is 3.02. The van der Waals surface area contributed by atoms with Crippen molar-refractivity contribution in [1.82, 2.24) is 14.5 Å². The molecule has 0 radical (unpaired) electrons. The van der Waals surface area contributed by atoms with Gasteiger partial charge in [-0.25, -0.2) is 14.8 Å². The molecule has 0 aliphatic heterocycles. The second kappa shape index (κ2) is 6.04. The quantitative estimate of drug-likeness (QED) is 0.855. The van der Waals surface area contributed by atoms with Crippen molar-refractivity contribution in [2.75, 3.05) is 12.3 Å². The zero-order chi connectivity index (χ0) is 14.7. The van der Waals surface area contributed by atoms with Crippen molar-refractivity contribution in [2.45, 2.75) is 33.2 Å². The third-order valence-electron chi connectivity index (χ3n) is 3.00. The van der Waals surface area contributed by atoms with Crippen LogP contribution in [-0.2, 0) is 11.3 Å². The van der Waals surface area contributed by atoms with Crippen molar-refractivity contribution in [2.24, 2.45) is 0 Å². The molecular formula is C13H18N4O2S. The second-order valence-corrected chi connectivity index (χ2v) is 5.42. The fourth-order valence-electron chi connectivity index (χ4n) is 1.99. The minimum atomic E-state index is -0.478. The van der Waals surface area contributed by atoms with Gasteiger partial charge in [-0.1, -0.05) is 6.92 Å². The molecule has 0 spiro atoms. The number of hydrogen-bond donors (Lipinski definition) is 1. The summed E-state index contributed by atoms with van der Waals surface area (Å²) in [7, 11) is 0. The summed E-state index contributed by atoms with van der Waals surface area (Å²) in [5, 5.41) is 2.98. The van der Waals surface area contributed by atoms with Crippen LogP contribution in [0.4, 0.5) is 5.82 Å². The molecule has 0 fully saturated rings. The van der Waals surface area contributed by atoms with E-state index in [-0.39, 0.29) is 11.6 Å². The number of anilines is 1. The number of carbonyl (C=O) groups is 1. The molecule has 2 rings (SSSR count). The maximum Gasteiger partial charge on any atom is 0.360 e. The van der Waals surface area contributed by atoms with Gasteiger partial charge in [-0.2, -0.15) is 0 Å². The third-order valence-corrected chi connectivity index (χ3v) is 4.00. The first kappa shape index (κ1) is 14.5. The lowest BCUT2D eigenvalue weighted by atomic mass is 10.2. The Hall–Kier alpha value is -1.89. The number of carbonyl (C=O) groups excluding carboxylic acids is 1. The van der Waals surface area contributed by atoms with E-state index >= 15 is 0 Å². The number of nitrogens with zero attached hydrogens (tertiary/aromatic N) is 3. The van der Waals surface area contributed by atoms with Gasteiger partial charge in [0.05, 0.1) is 11.6 Å². The molecule has 108 valence electrons. The van der Waals surface area contributed by atoms with Crippen molar-refractivity contribution < 1.29 is 9.53 Å². The van der Waals surface area contributed by atoms with Crippen LogP contribution in [0.5, 0.6) is 0 Å². The molecule has 0 saturated heterocycles. The molecule has 2 aromatic rings. The molecule has 0 saturated carbocycles. The maximum absolute atomic E-state index is 11.8. The summed E-state index contributed by atoms with van der Waals surface area (Å²) in [4.78, 5) is 20.3. The number of rotatable bonds is 5. The van der Waals surface area contributed by atoms with Gasteiger partial charge in [0.25, 0.3) is 0 Å². The standard InChI is InChI=1S/C13H18N4O2S/c1-4-19-13(18)10-11(14)17(9(3)16-10)7-8(2)12-15-5-6-20-12/h5-6,8H,4,7,14H2,1-3H3. The molecule has 0 bridgehead atoms. The Morgan fingerprint density at radius 2 is 2.35 bits per heavy atom. The summed E-state index contributed by atoms with van der Waals surface area (Å²) in [6.45, 7) is 6.59. The van der Waals surface area contributed by atoms with Gasteiger partial charge < -0.3 is 15.0 Å². The van der Waals surface area contributed by atoms with Crippen LogP contribution in [0.2, 0.25) is 0 Å². The van der Waals surface area contributed by atoms with Crippen LogP contribution < -0.4 is 5.73 Å². The van der Waals surface area contributed by atoms with E-state index in [2.05, 4.69) is 16.9 Å². The molecule has 0 amide bonds. The molecule has 1 unspecified atom stereocenters. The predicted octanol–water partition coefficient (Wildman–Crippen LogP) is 2.21. The molecule has 1 atom stereocenters. The van der Waals surface area contributed by atoms with E-state index in [4.69, 9.17) is 10.5 Å². The zero-order valence-corrected chi connectivity index (χ0v) is 12.6. The average molecular weight is 294 g/mol. The van der Waals surface area contributed by atoms with Gasteiger partial charge in [-0.15, -0.1) is 11.3 Å². The van der Waals surface area contributed by atoms with Gasteiger partial charge in [-0.3, -0.25) is 0 Å². The van der Waals surface area contributed by atoms with Crippen LogP contribution in [0.25, 0.3) is 0 Å². The predicted molar refractivity (Wildman–Crippen MR) is 77.9 cm³/mol. The lowest BCUT2D eigenvalue weighted by molar-refractivity contribution is 0.0521. The van der Waals surface area contributed by atoms with Crippen LogP contribution >= 0.6 is 11.3 Å². The number of hydrogen-bond acceptors (Lipinski definition) is 6. The Bertz CT molecular complexity index is 592. The third kappa shape index (κ3) is 2.82. The number of esters is 1. The van der Waals surface area contributed by atoms with Crippen molar-refractivity contribution >= 4 is 23.1 Å². The summed E-state index contributed by atoms with van der Waals surface area (Å²) in [6, 6.07) is 0. The van der Waals surface area contributed by atoms with Crippen LogP contribution in [0, 0.1) is 6.92 Å². The first-order chi connectivity index (χ1) is 9.54. The molecule has 0 aliphatic rings. The first-order valence-corrected chi connectivity index (χ1v) is 7.31. The van der Waals surface area contributed by atoms with Crippen LogP contribution in [-0.4, -0.2) is 27.1 Å². The summed E-state index contributed by atoms with van der Waals surface area (Å²) in [5.41, 5.74) is 6.21. The highest BCUT2D eigenvalue weighted by Crippen LogP contribution is 2.23. The van der Waals surface area contributed by atoms with Gasteiger partial charge in [0.2, 0.25) is 0 Å². The summed E-state index contributed by atoms with van der Waals surface area (Å²) < 4.78 is 6.78. The monoisotopic (exact) mass is 294 g/mol. The van der Waals surface area contributed by atoms with Crippen LogP contribution in [0.15, 0.2) is 11.6 Å². The highest BCUT2D eigenvalue weighted by molar-refractivity contribution is 7.09. The molecule has 7 heteroatoms. The fraction of sp³-hybridized carbons (Fsp3) is 0.462. The molecule has 6 nitrogen and oxygen atoms in total. The number of nitrogens with two attached hydrogens (primary N) is 1. The molecule has 2 N–H and O–H groups in total. The topological polar surface area (TPSA) is 83.0 Å². The van der Waals surface area contributed by atoms with Gasteiger partial charge >= 0.3 is 5.97 Å². The Kier molecular flexibility index (Phi) is 4.39. The van der Waals surface area contributed by atoms with E-state index in [1.165, 1.54) is 0 Å². The van der Waals surface area contributed by atoms with E-state index in [0.717, 1.165) is 5.01 Å². The van der Waals surface area contributed by atoms with Crippen LogP contribution in [0.3, 0.4) is 0 Å². The van der Waals surface area contributed by atoms with E-state index < -0.39 is 5.97 Å². The summed E-state index contributed by atoms with van der Waals surface area (Å²) in [6.07, 6.45) is 1.78. The van der Waals surface area contributed by atoms with Crippen molar-refractivity contribution in [3.63, 3.8) is 0 Å². The van der Waals surface area contributed by atoms with Gasteiger partial charge in [0.15, 0.2) is 5.69 Å². The number of imidazole rings is 1. The highest BCUT2D eigenvalue weighted by Gasteiger charge is 2.21. The molecular weight excluding hydrogens is 276 g/mol. The Morgan fingerprint density at radius 1 is 1.60 bits per heavy atom. The maximum atomic E-state index is 11.8.